The summed E-state index contributed by atoms with van der Waals surface area (Å²) < 4.78 is 10.8. The van der Waals surface area contributed by atoms with Crippen molar-refractivity contribution in [2.24, 2.45) is 22.7 Å². The van der Waals surface area contributed by atoms with Gasteiger partial charge in [-0.2, -0.15) is 0 Å². The highest BCUT2D eigenvalue weighted by molar-refractivity contribution is 14.0. The first kappa shape index (κ1) is 22.2. The van der Waals surface area contributed by atoms with Crippen LogP contribution < -0.4 is 5.32 Å². The Balaban J connectivity index is 0.00000243. The van der Waals surface area contributed by atoms with Gasteiger partial charge in [0.1, 0.15) is 0 Å². The smallest absolute Gasteiger partial charge is 0.194 e. The highest BCUT2D eigenvalue weighted by atomic mass is 127. The van der Waals surface area contributed by atoms with Gasteiger partial charge in [-0.1, -0.05) is 32.1 Å². The molecule has 2 saturated carbocycles. The predicted molar refractivity (Wildman–Crippen MR) is 117 cm³/mol. The van der Waals surface area contributed by atoms with Crippen LogP contribution in [0, 0.1) is 17.8 Å². The lowest BCUT2D eigenvalue weighted by Crippen LogP contribution is -2.42. The Morgan fingerprint density at radius 2 is 1.96 bits per heavy atom. The van der Waals surface area contributed by atoms with Crippen LogP contribution in [0.25, 0.3) is 0 Å². The number of nitrogens with one attached hydrogen (secondary N) is 1. The van der Waals surface area contributed by atoms with Crippen molar-refractivity contribution < 1.29 is 9.47 Å². The lowest BCUT2D eigenvalue weighted by molar-refractivity contribution is 0.0536. The summed E-state index contributed by atoms with van der Waals surface area (Å²) in [5, 5.41) is 3.79. The van der Waals surface area contributed by atoms with Crippen molar-refractivity contribution in [1.82, 2.24) is 10.2 Å². The van der Waals surface area contributed by atoms with Gasteiger partial charge in [-0.05, 0) is 31.6 Å². The van der Waals surface area contributed by atoms with Crippen LogP contribution in [0.1, 0.15) is 51.9 Å². The number of ether oxygens (including phenoxy) is 2. The Morgan fingerprint density at radius 3 is 2.69 bits per heavy atom. The molecule has 2 aliphatic carbocycles. The van der Waals surface area contributed by atoms with Gasteiger partial charge in [0.25, 0.3) is 0 Å². The Hall–Kier alpha value is -0.0800. The molecule has 3 fully saturated rings. The molecule has 0 aromatic rings. The zero-order chi connectivity index (χ0) is 17.5. The van der Waals surface area contributed by atoms with Gasteiger partial charge in [0, 0.05) is 38.7 Å². The lowest BCUT2D eigenvalue weighted by Gasteiger charge is -2.24. The molecule has 0 amide bonds. The third-order valence-electron chi connectivity index (χ3n) is 6.09. The number of hydrogen-bond donors (Lipinski definition) is 1. The number of nitrogens with zero attached hydrogens (tertiary/aromatic N) is 2. The number of methoxy groups -OCH3 is 1. The molecule has 3 atom stereocenters. The summed E-state index contributed by atoms with van der Waals surface area (Å²) in [6.45, 7) is 7.39. The second-order valence-electron chi connectivity index (χ2n) is 8.01. The Labute approximate surface area is 176 Å². The Kier molecular flexibility index (Phi) is 9.99. The zero-order valence-electron chi connectivity index (χ0n) is 16.6. The molecule has 0 bridgehead atoms. The van der Waals surface area contributed by atoms with Crippen LogP contribution in [0.5, 0.6) is 0 Å². The molecule has 152 valence electrons. The second-order valence-corrected chi connectivity index (χ2v) is 8.01. The zero-order valence-corrected chi connectivity index (χ0v) is 19.0. The summed E-state index contributed by atoms with van der Waals surface area (Å²) >= 11 is 0. The summed E-state index contributed by atoms with van der Waals surface area (Å²) in [5.74, 6) is 3.63. The predicted octanol–water partition coefficient (Wildman–Crippen LogP) is 3.52. The van der Waals surface area contributed by atoms with Gasteiger partial charge >= 0.3 is 0 Å². The molecule has 0 spiro atoms. The van der Waals surface area contributed by atoms with E-state index in [4.69, 9.17) is 14.5 Å². The van der Waals surface area contributed by atoms with Gasteiger partial charge in [0.05, 0.1) is 19.8 Å². The van der Waals surface area contributed by atoms with Crippen LogP contribution in [0.3, 0.4) is 0 Å². The summed E-state index contributed by atoms with van der Waals surface area (Å²) in [6.07, 6.45) is 9.80. The molecule has 5 nitrogen and oxygen atoms in total. The number of halogens is 1. The molecule has 0 radical (unpaired) electrons. The van der Waals surface area contributed by atoms with Crippen LogP contribution in [0.15, 0.2) is 4.99 Å². The maximum absolute atomic E-state index is 5.72. The normalized spacial score (nSPS) is 29.5. The molecule has 1 heterocycles. The van der Waals surface area contributed by atoms with Gasteiger partial charge < -0.3 is 19.7 Å². The summed E-state index contributed by atoms with van der Waals surface area (Å²) in [4.78, 5) is 7.23. The highest BCUT2D eigenvalue weighted by Crippen LogP contribution is 2.44. The SMILES string of the molecule is CCN=C(NC1CC1C1CCCCC1)N1CCC(COCCOC)C1.I. The number of hydrogen-bond acceptors (Lipinski definition) is 3. The molecule has 26 heavy (non-hydrogen) atoms. The third-order valence-corrected chi connectivity index (χ3v) is 6.09. The van der Waals surface area contributed by atoms with E-state index in [-0.39, 0.29) is 24.0 Å². The van der Waals surface area contributed by atoms with E-state index in [1.54, 1.807) is 7.11 Å². The minimum Gasteiger partial charge on any atom is -0.382 e. The van der Waals surface area contributed by atoms with Gasteiger partial charge in [0.2, 0.25) is 0 Å². The van der Waals surface area contributed by atoms with Crippen molar-refractivity contribution in [1.29, 1.82) is 0 Å². The minimum atomic E-state index is 0. The monoisotopic (exact) mass is 479 g/mol. The fourth-order valence-corrected chi connectivity index (χ4v) is 4.57. The molecule has 0 aromatic heterocycles. The molecule has 3 rings (SSSR count). The largest absolute Gasteiger partial charge is 0.382 e. The summed E-state index contributed by atoms with van der Waals surface area (Å²) in [5.41, 5.74) is 0. The molecular formula is C20H38IN3O2. The van der Waals surface area contributed by atoms with Crippen molar-refractivity contribution in [3.05, 3.63) is 0 Å². The molecule has 3 unspecified atom stereocenters. The van der Waals surface area contributed by atoms with Crippen molar-refractivity contribution in [2.45, 2.75) is 57.9 Å². The molecular weight excluding hydrogens is 441 g/mol. The topological polar surface area (TPSA) is 46.1 Å². The van der Waals surface area contributed by atoms with Crippen molar-refractivity contribution in [2.75, 3.05) is 46.6 Å². The van der Waals surface area contributed by atoms with Crippen LogP contribution in [-0.2, 0) is 9.47 Å². The van der Waals surface area contributed by atoms with E-state index in [0.717, 1.165) is 44.0 Å². The lowest BCUT2D eigenvalue weighted by atomic mass is 9.85. The van der Waals surface area contributed by atoms with Gasteiger partial charge in [-0.3, -0.25) is 4.99 Å². The summed E-state index contributed by atoms with van der Waals surface area (Å²) in [7, 11) is 1.72. The quantitative estimate of drug-likeness (QED) is 0.251. The van der Waals surface area contributed by atoms with Gasteiger partial charge in [-0.15, -0.1) is 24.0 Å². The number of aliphatic imine (C=N–C) groups is 1. The first-order valence-corrected chi connectivity index (χ1v) is 10.4. The first-order valence-electron chi connectivity index (χ1n) is 10.4. The Morgan fingerprint density at radius 1 is 1.15 bits per heavy atom. The van der Waals surface area contributed by atoms with Gasteiger partial charge in [0.15, 0.2) is 5.96 Å². The van der Waals surface area contributed by atoms with Crippen LogP contribution >= 0.6 is 24.0 Å². The van der Waals surface area contributed by atoms with E-state index in [2.05, 4.69) is 17.1 Å². The second kappa shape index (κ2) is 11.7. The van der Waals surface area contributed by atoms with E-state index >= 15 is 0 Å². The number of likely N-dealkylation sites (tertiary alicyclic amines) is 1. The maximum atomic E-state index is 5.72. The van der Waals surface area contributed by atoms with E-state index in [1.165, 1.54) is 44.9 Å². The fraction of sp³-hybridized carbons (Fsp3) is 0.950. The average molecular weight is 479 g/mol. The minimum absolute atomic E-state index is 0. The van der Waals surface area contributed by atoms with E-state index in [1.807, 2.05) is 0 Å². The molecule has 1 aliphatic heterocycles. The number of rotatable bonds is 8. The van der Waals surface area contributed by atoms with Crippen LogP contribution in [0.4, 0.5) is 0 Å². The van der Waals surface area contributed by atoms with Crippen LogP contribution in [0.2, 0.25) is 0 Å². The molecule has 3 aliphatic rings. The van der Waals surface area contributed by atoms with Gasteiger partial charge in [-0.25, -0.2) is 0 Å². The third kappa shape index (κ3) is 6.51. The molecule has 1 saturated heterocycles. The van der Waals surface area contributed by atoms with Crippen molar-refractivity contribution >= 4 is 29.9 Å². The maximum Gasteiger partial charge on any atom is 0.194 e. The Bertz CT molecular complexity index is 429. The first-order chi connectivity index (χ1) is 12.3. The summed E-state index contributed by atoms with van der Waals surface area (Å²) in [6, 6.07) is 0.672. The van der Waals surface area contributed by atoms with Crippen LogP contribution in [-0.4, -0.2) is 63.5 Å². The van der Waals surface area contributed by atoms with E-state index < -0.39 is 0 Å². The molecule has 6 heteroatoms. The number of guanidine groups is 1. The van der Waals surface area contributed by atoms with E-state index in [9.17, 15) is 0 Å². The standard InChI is InChI=1S/C20H37N3O2.HI/c1-3-21-20(22-19-13-18(19)17-7-5-4-6-8-17)23-10-9-16(14-23)15-25-12-11-24-2;/h16-19H,3-15H2,1-2H3,(H,21,22);1H. The molecule has 0 aromatic carbocycles. The van der Waals surface area contributed by atoms with E-state index in [0.29, 0.717) is 25.2 Å². The average Bonchev–Trinajstić information content (AvgIpc) is 3.25. The fourth-order valence-electron chi connectivity index (χ4n) is 4.57. The van der Waals surface area contributed by atoms with Crippen molar-refractivity contribution in [3.8, 4) is 0 Å². The highest BCUT2D eigenvalue weighted by Gasteiger charge is 2.44. The molecule has 1 N–H and O–H groups in total. The van der Waals surface area contributed by atoms with Crippen molar-refractivity contribution in [3.63, 3.8) is 0 Å².